The third kappa shape index (κ3) is 4.83. The molecule has 1 aliphatic heterocycles. The third-order valence-corrected chi connectivity index (χ3v) is 10.1. The number of benzene rings is 2. The number of nitrogens with one attached hydrogen (secondary N) is 1. The van der Waals surface area contributed by atoms with Gasteiger partial charge in [0, 0.05) is 55.4 Å². The van der Waals surface area contributed by atoms with Crippen molar-refractivity contribution >= 4 is 33.5 Å². The number of ether oxygens (including phenoxy) is 1. The zero-order chi connectivity index (χ0) is 29.1. The summed E-state index contributed by atoms with van der Waals surface area (Å²) in [5.41, 5.74) is 12.3. The number of hydrogen-bond acceptors (Lipinski definition) is 5. The Labute approximate surface area is 248 Å². The summed E-state index contributed by atoms with van der Waals surface area (Å²) in [5, 5.41) is 4.88. The van der Waals surface area contributed by atoms with Crippen LogP contribution in [0.25, 0.3) is 33.5 Å². The summed E-state index contributed by atoms with van der Waals surface area (Å²) in [4.78, 5) is 20.8. The van der Waals surface area contributed by atoms with Gasteiger partial charge in [-0.15, -0.1) is 0 Å². The first-order valence-corrected chi connectivity index (χ1v) is 15.8. The second-order valence-electron chi connectivity index (χ2n) is 13.0. The van der Waals surface area contributed by atoms with Gasteiger partial charge in [-0.1, -0.05) is 32.3 Å². The smallest absolute Gasteiger partial charge is 0.254 e. The first kappa shape index (κ1) is 27.3. The van der Waals surface area contributed by atoms with Crippen LogP contribution in [-0.4, -0.2) is 57.2 Å². The van der Waals surface area contributed by atoms with Crippen molar-refractivity contribution in [3.8, 4) is 17.3 Å². The number of carbonyl (C=O) groups excluding carboxylic acids is 1. The van der Waals surface area contributed by atoms with Gasteiger partial charge in [0.2, 0.25) is 0 Å². The molecule has 222 valence electrons. The number of likely N-dealkylation sites (tertiary alicyclic amines) is 1. The fourth-order valence-electron chi connectivity index (χ4n) is 6.93. The molecule has 3 heterocycles. The number of aromatic nitrogens is 3. The fourth-order valence-corrected chi connectivity index (χ4v) is 6.93. The number of nitrogens with two attached hydrogens (primary N) is 1. The minimum atomic E-state index is -0.00846. The minimum Gasteiger partial charge on any atom is -0.494 e. The van der Waals surface area contributed by atoms with Crippen molar-refractivity contribution < 1.29 is 9.53 Å². The number of amides is 1. The molecule has 0 radical (unpaired) electrons. The zero-order valence-corrected chi connectivity index (χ0v) is 25.4. The quantitative estimate of drug-likeness (QED) is 0.244. The van der Waals surface area contributed by atoms with Crippen LogP contribution in [0, 0.1) is 17.8 Å². The summed E-state index contributed by atoms with van der Waals surface area (Å²) in [6, 6.07) is 12.8. The minimum absolute atomic E-state index is 0.00495. The predicted octanol–water partition coefficient (Wildman–Crippen LogP) is 6.02. The maximum absolute atomic E-state index is 13.8. The highest BCUT2D eigenvalue weighted by molar-refractivity contribution is 6.00. The second kappa shape index (κ2) is 10.6. The van der Waals surface area contributed by atoms with Crippen LogP contribution in [0.5, 0.6) is 5.75 Å². The summed E-state index contributed by atoms with van der Waals surface area (Å²) in [6.07, 6.45) is 7.54. The third-order valence-electron chi connectivity index (χ3n) is 10.1. The Bertz CT molecular complexity index is 1640. The van der Waals surface area contributed by atoms with E-state index in [9.17, 15) is 4.79 Å². The van der Waals surface area contributed by atoms with Crippen molar-refractivity contribution in [2.75, 3.05) is 25.5 Å². The Balaban J connectivity index is 1.27. The molecule has 7 rings (SSSR count). The number of hydrogen-bond donors (Lipinski definition) is 2. The first-order chi connectivity index (χ1) is 20.4. The van der Waals surface area contributed by atoms with Gasteiger partial charge in [0.15, 0.2) is 5.82 Å². The van der Waals surface area contributed by atoms with E-state index in [1.807, 2.05) is 24.1 Å². The molecule has 8 nitrogen and oxygen atoms in total. The number of aryl methyl sites for hydroxylation is 1. The van der Waals surface area contributed by atoms with Gasteiger partial charge < -0.3 is 29.8 Å². The molecule has 1 saturated heterocycles. The van der Waals surface area contributed by atoms with Crippen LogP contribution in [0.2, 0.25) is 0 Å². The lowest BCUT2D eigenvalue weighted by Crippen LogP contribution is -2.41. The van der Waals surface area contributed by atoms with E-state index in [1.165, 1.54) is 48.7 Å². The molecule has 3 N–H and O–H groups in total. The Morgan fingerprint density at radius 2 is 1.90 bits per heavy atom. The van der Waals surface area contributed by atoms with Gasteiger partial charge in [-0.2, -0.15) is 0 Å². The number of anilines is 1. The van der Waals surface area contributed by atoms with E-state index in [-0.39, 0.29) is 18.0 Å². The molecule has 0 bridgehead atoms. The van der Waals surface area contributed by atoms with Gasteiger partial charge in [-0.3, -0.25) is 4.79 Å². The summed E-state index contributed by atoms with van der Waals surface area (Å²) in [7, 11) is 3.71. The maximum atomic E-state index is 13.8. The number of fused-ring (bicyclic) bond motifs is 2. The largest absolute Gasteiger partial charge is 0.494 e. The van der Waals surface area contributed by atoms with E-state index in [0.29, 0.717) is 29.7 Å². The van der Waals surface area contributed by atoms with E-state index < -0.39 is 0 Å². The van der Waals surface area contributed by atoms with Crippen molar-refractivity contribution in [2.45, 2.75) is 71.0 Å². The summed E-state index contributed by atoms with van der Waals surface area (Å²) >= 11 is 0. The van der Waals surface area contributed by atoms with Crippen LogP contribution in [0.3, 0.4) is 0 Å². The highest BCUT2D eigenvalue weighted by Crippen LogP contribution is 2.39. The average molecular weight is 569 g/mol. The molecule has 3 atom stereocenters. The predicted molar refractivity (Wildman–Crippen MR) is 169 cm³/mol. The Morgan fingerprint density at radius 3 is 2.60 bits per heavy atom. The van der Waals surface area contributed by atoms with E-state index in [2.05, 4.69) is 52.6 Å². The van der Waals surface area contributed by atoms with Crippen LogP contribution < -0.4 is 15.8 Å². The van der Waals surface area contributed by atoms with Crippen LogP contribution in [0.4, 0.5) is 5.69 Å². The fraction of sp³-hybridized carbons (Fsp3) is 0.529. The molecule has 8 heteroatoms. The standard InChI is InChI=1S/C34H44N6O2/c1-5-23-19-39(20(2)31(23)35)34(41)25-14-27-32(30(16-25)42-4)38(3)33(37-27)29-15-24-10-11-26(36-13-12-21-6-7-21)17-28(24)40(29)18-22-8-9-22/h10-11,14-17,20-23,31,36H,5-9,12-13,18-19,35H2,1-4H3/t20?,23-,31-/m1/s1. The second-order valence-corrected chi connectivity index (χ2v) is 13.0. The molecule has 0 spiro atoms. The SMILES string of the molecule is CC[C@@H]1CN(C(=O)c2cc(OC)c3c(c2)nc(-c2cc4ccc(NCCC5CC5)cc4n2CC2CC2)n3C)C(C)[C@H]1N. The van der Waals surface area contributed by atoms with Crippen molar-refractivity contribution in [3.63, 3.8) is 0 Å². The molecule has 2 aromatic carbocycles. The van der Waals surface area contributed by atoms with Crippen LogP contribution in [0.15, 0.2) is 36.4 Å². The summed E-state index contributed by atoms with van der Waals surface area (Å²) in [5.74, 6) is 3.48. The topological polar surface area (TPSA) is 90.3 Å². The lowest BCUT2D eigenvalue weighted by atomic mass is 9.98. The Morgan fingerprint density at radius 1 is 1.12 bits per heavy atom. The first-order valence-electron chi connectivity index (χ1n) is 15.8. The summed E-state index contributed by atoms with van der Waals surface area (Å²) in [6.45, 7) is 6.90. The Hall–Kier alpha value is -3.52. The zero-order valence-electron chi connectivity index (χ0n) is 25.4. The molecule has 1 unspecified atom stereocenters. The molecular formula is C34H44N6O2. The van der Waals surface area contributed by atoms with E-state index in [0.717, 1.165) is 48.0 Å². The molecule has 2 saturated carbocycles. The Kier molecular flexibility index (Phi) is 6.92. The normalized spacial score (nSPS) is 22.4. The van der Waals surface area contributed by atoms with E-state index in [4.69, 9.17) is 15.5 Å². The number of carbonyl (C=O) groups is 1. The average Bonchev–Trinajstić information content (AvgIpc) is 3.91. The molecule has 3 fully saturated rings. The maximum Gasteiger partial charge on any atom is 0.254 e. The van der Waals surface area contributed by atoms with Crippen LogP contribution in [-0.2, 0) is 13.6 Å². The van der Waals surface area contributed by atoms with Gasteiger partial charge >= 0.3 is 0 Å². The van der Waals surface area contributed by atoms with Crippen LogP contribution in [0.1, 0.15) is 62.7 Å². The molecule has 4 aromatic rings. The number of imidazole rings is 1. The highest BCUT2D eigenvalue weighted by atomic mass is 16.5. The number of rotatable bonds is 10. The molecule has 2 aliphatic carbocycles. The highest BCUT2D eigenvalue weighted by Gasteiger charge is 2.39. The monoisotopic (exact) mass is 568 g/mol. The van der Waals surface area contributed by atoms with Gasteiger partial charge in [-0.05, 0) is 74.3 Å². The van der Waals surface area contributed by atoms with Crippen molar-refractivity contribution in [3.05, 3.63) is 42.0 Å². The molecule has 42 heavy (non-hydrogen) atoms. The van der Waals surface area contributed by atoms with Gasteiger partial charge in [0.05, 0.1) is 23.8 Å². The van der Waals surface area contributed by atoms with Gasteiger partial charge in [0.25, 0.3) is 5.91 Å². The van der Waals surface area contributed by atoms with Crippen molar-refractivity contribution in [1.82, 2.24) is 19.0 Å². The van der Waals surface area contributed by atoms with E-state index in [1.54, 1.807) is 7.11 Å². The van der Waals surface area contributed by atoms with Crippen molar-refractivity contribution in [1.29, 1.82) is 0 Å². The summed E-state index contributed by atoms with van der Waals surface area (Å²) < 4.78 is 10.4. The van der Waals surface area contributed by atoms with Gasteiger partial charge in [0.1, 0.15) is 11.3 Å². The molecular weight excluding hydrogens is 524 g/mol. The molecule has 3 aliphatic rings. The van der Waals surface area contributed by atoms with Crippen LogP contribution >= 0.6 is 0 Å². The molecule has 1 amide bonds. The number of nitrogens with zero attached hydrogens (tertiary/aromatic N) is 4. The lowest BCUT2D eigenvalue weighted by molar-refractivity contribution is 0.0739. The van der Waals surface area contributed by atoms with Gasteiger partial charge in [-0.25, -0.2) is 4.98 Å². The van der Waals surface area contributed by atoms with Crippen molar-refractivity contribution in [2.24, 2.45) is 30.5 Å². The van der Waals surface area contributed by atoms with E-state index >= 15 is 0 Å². The number of methoxy groups -OCH3 is 1. The molecule has 2 aromatic heterocycles. The lowest BCUT2D eigenvalue weighted by Gasteiger charge is -2.23.